The van der Waals surface area contributed by atoms with Gasteiger partial charge in [-0.2, -0.15) is 0 Å². The Morgan fingerprint density at radius 2 is 0.750 bits per heavy atom. The van der Waals surface area contributed by atoms with Crippen molar-refractivity contribution < 1.29 is 14.3 Å². The molecule has 0 radical (unpaired) electrons. The van der Waals surface area contributed by atoms with Gasteiger partial charge in [0.1, 0.15) is 11.6 Å². The molecule has 2 atom stereocenters. The van der Waals surface area contributed by atoms with E-state index in [4.69, 9.17) is 4.74 Å². The van der Waals surface area contributed by atoms with Crippen molar-refractivity contribution >= 4 is 11.6 Å². The molecule has 306 valence electrons. The Labute approximate surface area is 326 Å². The maximum Gasteiger partial charge on any atom is 0.139 e. The molecule has 0 fully saturated rings. The third-order valence-electron chi connectivity index (χ3n) is 11.1. The van der Waals surface area contributed by atoms with E-state index >= 15 is 0 Å². The third-order valence-corrected chi connectivity index (χ3v) is 11.1. The maximum atomic E-state index is 13.6. The van der Waals surface area contributed by atoms with Crippen molar-refractivity contribution in [3.63, 3.8) is 0 Å². The predicted octanol–water partition coefficient (Wildman–Crippen LogP) is 16.4. The SMILES string of the molecule is CCCCCCCCC=CCCCCCCCC(=O)CC(C(=O)CCCCCCCC=CCCCCCCCC)C(CCCCCCCCC)OC. The highest BCUT2D eigenvalue weighted by molar-refractivity contribution is 5.88. The monoisotopic (exact) mass is 729 g/mol. The fourth-order valence-electron chi connectivity index (χ4n) is 7.53. The summed E-state index contributed by atoms with van der Waals surface area (Å²) in [7, 11) is 1.75. The molecule has 0 spiro atoms. The molecule has 0 saturated carbocycles. The van der Waals surface area contributed by atoms with Crippen LogP contribution in [-0.2, 0) is 14.3 Å². The van der Waals surface area contributed by atoms with Crippen molar-refractivity contribution in [2.45, 2.75) is 264 Å². The summed E-state index contributed by atoms with van der Waals surface area (Å²) in [4.78, 5) is 26.8. The standard InChI is InChI=1S/C49H92O3/c1-5-8-11-14-17-19-21-23-25-27-29-31-34-36-39-42-46(50)45-47(49(52-4)44-41-38-33-16-13-10-7-3)48(51)43-40-37-35-32-30-28-26-24-22-20-18-15-12-9-6-2/h23-26,47,49H,5-22,27-45H2,1-4H3. The molecule has 3 nitrogen and oxygen atoms in total. The molecule has 0 aliphatic heterocycles. The van der Waals surface area contributed by atoms with E-state index in [1.54, 1.807) is 7.11 Å². The number of ether oxygens (including phenoxy) is 1. The Hall–Kier alpha value is -1.22. The number of hydrogen-bond donors (Lipinski definition) is 0. The van der Waals surface area contributed by atoms with Crippen LogP contribution in [0.25, 0.3) is 0 Å². The van der Waals surface area contributed by atoms with E-state index in [1.807, 2.05) is 0 Å². The van der Waals surface area contributed by atoms with Gasteiger partial charge in [-0.05, 0) is 70.6 Å². The Morgan fingerprint density at radius 3 is 1.13 bits per heavy atom. The van der Waals surface area contributed by atoms with Gasteiger partial charge >= 0.3 is 0 Å². The zero-order valence-corrected chi connectivity index (χ0v) is 35.9. The lowest BCUT2D eigenvalue weighted by Crippen LogP contribution is -2.32. The van der Waals surface area contributed by atoms with Crippen LogP contribution in [-0.4, -0.2) is 24.8 Å². The highest BCUT2D eigenvalue weighted by Gasteiger charge is 2.29. The largest absolute Gasteiger partial charge is 0.381 e. The van der Waals surface area contributed by atoms with E-state index < -0.39 is 0 Å². The van der Waals surface area contributed by atoms with Crippen LogP contribution in [0.3, 0.4) is 0 Å². The molecule has 0 N–H and O–H groups in total. The molecule has 0 aromatic rings. The lowest BCUT2D eigenvalue weighted by Gasteiger charge is -2.25. The van der Waals surface area contributed by atoms with Crippen LogP contribution in [0, 0.1) is 5.92 Å². The average molecular weight is 729 g/mol. The van der Waals surface area contributed by atoms with E-state index in [9.17, 15) is 9.59 Å². The highest BCUT2D eigenvalue weighted by atomic mass is 16.5. The minimum atomic E-state index is -0.266. The molecule has 0 aromatic heterocycles. The molecule has 0 saturated heterocycles. The van der Waals surface area contributed by atoms with Crippen molar-refractivity contribution in [3.8, 4) is 0 Å². The fourth-order valence-corrected chi connectivity index (χ4v) is 7.53. The summed E-state index contributed by atoms with van der Waals surface area (Å²) >= 11 is 0. The molecule has 0 rings (SSSR count). The second-order valence-corrected chi connectivity index (χ2v) is 16.2. The number of carbonyl (C=O) groups is 2. The van der Waals surface area contributed by atoms with Crippen molar-refractivity contribution in [2.24, 2.45) is 5.92 Å². The fraction of sp³-hybridized carbons (Fsp3) is 0.878. The van der Waals surface area contributed by atoms with E-state index in [0.29, 0.717) is 19.3 Å². The first-order valence-electron chi connectivity index (χ1n) is 23.5. The van der Waals surface area contributed by atoms with Crippen LogP contribution < -0.4 is 0 Å². The van der Waals surface area contributed by atoms with E-state index in [1.165, 1.54) is 180 Å². The lowest BCUT2D eigenvalue weighted by atomic mass is 9.85. The molecule has 0 aromatic carbocycles. The Kier molecular flexibility index (Phi) is 41.5. The third kappa shape index (κ3) is 35.8. The topological polar surface area (TPSA) is 43.4 Å². The lowest BCUT2D eigenvalue weighted by molar-refractivity contribution is -0.133. The van der Waals surface area contributed by atoms with Gasteiger partial charge in [0.2, 0.25) is 0 Å². The smallest absolute Gasteiger partial charge is 0.139 e. The van der Waals surface area contributed by atoms with Crippen molar-refractivity contribution in [1.82, 2.24) is 0 Å². The number of allylic oxidation sites excluding steroid dienone is 4. The minimum Gasteiger partial charge on any atom is -0.381 e. The molecule has 0 amide bonds. The first-order valence-corrected chi connectivity index (χ1v) is 23.5. The molecule has 3 heteroatoms. The summed E-state index contributed by atoms with van der Waals surface area (Å²) in [5.41, 5.74) is 0. The van der Waals surface area contributed by atoms with Crippen LogP contribution in [0.15, 0.2) is 24.3 Å². The molecule has 0 aliphatic rings. The van der Waals surface area contributed by atoms with E-state index in [2.05, 4.69) is 45.1 Å². The van der Waals surface area contributed by atoms with Crippen LogP contribution in [0.4, 0.5) is 0 Å². The van der Waals surface area contributed by atoms with Gasteiger partial charge in [-0.3, -0.25) is 9.59 Å². The number of unbranched alkanes of at least 4 members (excludes halogenated alkanes) is 28. The van der Waals surface area contributed by atoms with Crippen LogP contribution in [0.2, 0.25) is 0 Å². The number of methoxy groups -OCH3 is 1. The number of Topliss-reactive ketones (excluding diaryl/α,β-unsaturated/α-hetero) is 2. The summed E-state index contributed by atoms with van der Waals surface area (Å²) in [5, 5.41) is 0. The summed E-state index contributed by atoms with van der Waals surface area (Å²) < 4.78 is 5.95. The Morgan fingerprint density at radius 1 is 0.423 bits per heavy atom. The van der Waals surface area contributed by atoms with Gasteiger partial charge in [-0.1, -0.05) is 193 Å². The van der Waals surface area contributed by atoms with Gasteiger partial charge in [0, 0.05) is 26.4 Å². The molecule has 0 aliphatic carbocycles. The number of hydrogen-bond acceptors (Lipinski definition) is 3. The number of rotatable bonds is 43. The van der Waals surface area contributed by atoms with Crippen molar-refractivity contribution in [2.75, 3.05) is 7.11 Å². The second kappa shape index (κ2) is 42.5. The zero-order valence-electron chi connectivity index (χ0n) is 35.9. The normalized spacial score (nSPS) is 13.1. The summed E-state index contributed by atoms with van der Waals surface area (Å²) in [6, 6.07) is 0. The first-order chi connectivity index (χ1) is 25.6. The minimum absolute atomic E-state index is 0.121. The number of ketones is 2. The molecular weight excluding hydrogens is 637 g/mol. The highest BCUT2D eigenvalue weighted by Crippen LogP contribution is 2.24. The van der Waals surface area contributed by atoms with Crippen LogP contribution in [0.1, 0.15) is 258 Å². The summed E-state index contributed by atoms with van der Waals surface area (Å²) in [5.74, 6) is 0.268. The molecular formula is C49H92O3. The van der Waals surface area contributed by atoms with Crippen LogP contribution >= 0.6 is 0 Å². The predicted molar refractivity (Wildman–Crippen MR) is 230 cm³/mol. The van der Waals surface area contributed by atoms with E-state index in [-0.39, 0.29) is 23.6 Å². The quantitative estimate of drug-likeness (QED) is 0.0464. The number of carbonyl (C=O) groups excluding carboxylic acids is 2. The second-order valence-electron chi connectivity index (χ2n) is 16.2. The average Bonchev–Trinajstić information content (AvgIpc) is 3.15. The molecule has 52 heavy (non-hydrogen) atoms. The van der Waals surface area contributed by atoms with Gasteiger partial charge < -0.3 is 4.74 Å². The van der Waals surface area contributed by atoms with Crippen molar-refractivity contribution in [1.29, 1.82) is 0 Å². The zero-order chi connectivity index (χ0) is 38.0. The van der Waals surface area contributed by atoms with Gasteiger partial charge in [0.15, 0.2) is 0 Å². The van der Waals surface area contributed by atoms with Gasteiger partial charge in [0.05, 0.1) is 12.0 Å². The Bertz CT molecular complexity index is 798. The van der Waals surface area contributed by atoms with Crippen LogP contribution in [0.5, 0.6) is 0 Å². The summed E-state index contributed by atoms with van der Waals surface area (Å²) in [6.45, 7) is 6.81. The molecule has 0 bridgehead atoms. The van der Waals surface area contributed by atoms with Crippen molar-refractivity contribution in [3.05, 3.63) is 24.3 Å². The van der Waals surface area contributed by atoms with Gasteiger partial charge in [0.25, 0.3) is 0 Å². The first kappa shape index (κ1) is 50.8. The van der Waals surface area contributed by atoms with Gasteiger partial charge in [-0.15, -0.1) is 0 Å². The molecule has 0 heterocycles. The van der Waals surface area contributed by atoms with E-state index in [0.717, 1.165) is 38.5 Å². The maximum absolute atomic E-state index is 13.6. The summed E-state index contributed by atoms with van der Waals surface area (Å²) in [6.07, 6.45) is 53.4. The molecule has 2 unspecified atom stereocenters. The Balaban J connectivity index is 4.42. The van der Waals surface area contributed by atoms with Gasteiger partial charge in [-0.25, -0.2) is 0 Å².